The van der Waals surface area contributed by atoms with Crippen LogP contribution in [-0.4, -0.2) is 57.1 Å². The first-order valence-electron chi connectivity index (χ1n) is 10.2. The van der Waals surface area contributed by atoms with Crippen molar-refractivity contribution in [1.82, 2.24) is 5.32 Å². The summed E-state index contributed by atoms with van der Waals surface area (Å²) in [5, 5.41) is 12.8. The molecule has 7 nitrogen and oxygen atoms in total. The van der Waals surface area contributed by atoms with E-state index in [9.17, 15) is 9.90 Å². The average Bonchev–Trinajstić information content (AvgIpc) is 2.68. The van der Waals surface area contributed by atoms with E-state index in [1.165, 1.54) is 6.92 Å². The molecule has 1 amide bonds. The summed E-state index contributed by atoms with van der Waals surface area (Å²) in [4.78, 5) is 11.0. The number of nitrogens with two attached hydrogens (primary N) is 1. The van der Waals surface area contributed by atoms with Crippen LogP contribution in [0.2, 0.25) is 0 Å². The molecule has 174 valence electrons. The molecule has 0 saturated heterocycles. The van der Waals surface area contributed by atoms with Crippen molar-refractivity contribution in [2.75, 3.05) is 34.0 Å². The normalized spacial score (nSPS) is 13.9. The molecule has 3 atom stereocenters. The lowest BCUT2D eigenvalue weighted by atomic mass is 9.83. The van der Waals surface area contributed by atoms with Gasteiger partial charge in [-0.15, -0.1) is 12.4 Å². The summed E-state index contributed by atoms with van der Waals surface area (Å²) in [6.07, 6.45) is 1.51. The number of hydrogen-bond acceptors (Lipinski definition) is 6. The van der Waals surface area contributed by atoms with E-state index in [1.807, 2.05) is 18.2 Å². The first kappa shape index (κ1) is 28.5. The average molecular weight is 447 g/mol. The van der Waals surface area contributed by atoms with Crippen molar-refractivity contribution in [3.63, 3.8) is 0 Å². The highest BCUT2D eigenvalue weighted by Gasteiger charge is 2.23. The zero-order valence-electron chi connectivity index (χ0n) is 18.8. The summed E-state index contributed by atoms with van der Waals surface area (Å²) in [5.41, 5.74) is 7.34. The zero-order chi connectivity index (χ0) is 21.8. The van der Waals surface area contributed by atoms with Crippen molar-refractivity contribution >= 4 is 18.3 Å². The molecule has 0 aromatic heterocycles. The Morgan fingerprint density at radius 2 is 1.90 bits per heavy atom. The minimum atomic E-state index is -0.768. The van der Waals surface area contributed by atoms with Gasteiger partial charge >= 0.3 is 0 Å². The van der Waals surface area contributed by atoms with Gasteiger partial charge in [0, 0.05) is 39.6 Å². The number of hydrogen-bond donors (Lipinski definition) is 3. The van der Waals surface area contributed by atoms with Crippen LogP contribution >= 0.6 is 12.4 Å². The summed E-state index contributed by atoms with van der Waals surface area (Å²) in [7, 11) is 3.30. The lowest BCUT2D eigenvalue weighted by Gasteiger charge is -2.27. The van der Waals surface area contributed by atoms with Crippen LogP contribution in [0.15, 0.2) is 18.2 Å². The molecule has 0 saturated carbocycles. The summed E-state index contributed by atoms with van der Waals surface area (Å²) in [5.74, 6) is 1.93. The summed E-state index contributed by atoms with van der Waals surface area (Å²) in [6.45, 7) is 7.11. The Kier molecular flexibility index (Phi) is 14.5. The van der Waals surface area contributed by atoms with Crippen LogP contribution in [0, 0.1) is 11.8 Å². The quantitative estimate of drug-likeness (QED) is 0.379. The Hall–Kier alpha value is -1.54. The lowest BCUT2D eigenvalue weighted by Crippen LogP contribution is -2.44. The van der Waals surface area contributed by atoms with E-state index in [-0.39, 0.29) is 30.8 Å². The van der Waals surface area contributed by atoms with Crippen LogP contribution in [0.5, 0.6) is 11.5 Å². The Labute approximate surface area is 187 Å². The molecule has 0 aliphatic heterocycles. The number of benzene rings is 1. The first-order chi connectivity index (χ1) is 13.8. The molecule has 30 heavy (non-hydrogen) atoms. The fourth-order valence-electron chi connectivity index (χ4n) is 3.15. The van der Waals surface area contributed by atoms with E-state index in [2.05, 4.69) is 19.2 Å². The zero-order valence-corrected chi connectivity index (χ0v) is 19.7. The van der Waals surface area contributed by atoms with Crippen molar-refractivity contribution in [2.45, 2.75) is 52.2 Å². The number of rotatable bonds is 14. The van der Waals surface area contributed by atoms with Gasteiger partial charge in [0.05, 0.1) is 19.8 Å². The highest BCUT2D eigenvalue weighted by Crippen LogP contribution is 2.31. The molecule has 4 N–H and O–H groups in total. The molecule has 0 spiro atoms. The number of aliphatic hydroxyl groups excluding tert-OH is 1. The molecular formula is C22H39ClN2O5. The van der Waals surface area contributed by atoms with Gasteiger partial charge in [0.25, 0.3) is 0 Å². The highest BCUT2D eigenvalue weighted by atomic mass is 35.5. The molecule has 0 heterocycles. The van der Waals surface area contributed by atoms with Crippen LogP contribution in [0.4, 0.5) is 0 Å². The summed E-state index contributed by atoms with van der Waals surface area (Å²) in [6, 6.07) is 5.57. The third-order valence-electron chi connectivity index (χ3n) is 5.05. The molecule has 0 fully saturated rings. The third-order valence-corrected chi connectivity index (χ3v) is 5.05. The van der Waals surface area contributed by atoms with Gasteiger partial charge < -0.3 is 30.4 Å². The van der Waals surface area contributed by atoms with Gasteiger partial charge in [-0.05, 0) is 42.4 Å². The van der Waals surface area contributed by atoms with E-state index in [4.69, 9.17) is 19.9 Å². The fourth-order valence-corrected chi connectivity index (χ4v) is 3.15. The number of carbonyl (C=O) groups is 1. The molecule has 0 aliphatic carbocycles. The summed E-state index contributed by atoms with van der Waals surface area (Å²) < 4.78 is 16.3. The van der Waals surface area contributed by atoms with E-state index in [1.54, 1.807) is 14.2 Å². The van der Waals surface area contributed by atoms with Crippen molar-refractivity contribution in [3.8, 4) is 11.5 Å². The second kappa shape index (κ2) is 15.3. The minimum Gasteiger partial charge on any atom is -0.493 e. The van der Waals surface area contributed by atoms with Crippen molar-refractivity contribution in [1.29, 1.82) is 0 Å². The Morgan fingerprint density at radius 1 is 1.20 bits per heavy atom. The van der Waals surface area contributed by atoms with Gasteiger partial charge in [-0.3, -0.25) is 4.79 Å². The standard InChI is InChI=1S/C22H38N2O5.ClH/c1-15(2)18(13-19(23)20(26)14-24-16(3)25)11-17-7-8-21(28-5)22(12-17)29-10-6-9-27-4;/h7-8,12,15,18-20,26H,6,9-11,13-14,23H2,1-5H3,(H,24,25);1H. The molecule has 0 aliphatic rings. The summed E-state index contributed by atoms with van der Waals surface area (Å²) >= 11 is 0. The second-order valence-electron chi connectivity index (χ2n) is 7.79. The first-order valence-corrected chi connectivity index (χ1v) is 10.2. The molecule has 0 radical (unpaired) electrons. The number of halogens is 1. The van der Waals surface area contributed by atoms with E-state index < -0.39 is 12.1 Å². The minimum absolute atomic E-state index is 0. The molecule has 1 aromatic carbocycles. The fraction of sp³-hybridized carbons (Fsp3) is 0.682. The van der Waals surface area contributed by atoms with Gasteiger partial charge in [0.15, 0.2) is 11.5 Å². The third kappa shape index (κ3) is 10.5. The molecule has 0 bridgehead atoms. The monoisotopic (exact) mass is 446 g/mol. The van der Waals surface area contributed by atoms with Gasteiger partial charge in [0.1, 0.15) is 0 Å². The van der Waals surface area contributed by atoms with E-state index in [0.717, 1.165) is 24.2 Å². The molecule has 1 rings (SSSR count). The van der Waals surface area contributed by atoms with Crippen LogP contribution in [0.1, 0.15) is 39.2 Å². The number of aliphatic hydroxyl groups is 1. The largest absolute Gasteiger partial charge is 0.493 e. The van der Waals surface area contributed by atoms with Gasteiger partial charge in [-0.25, -0.2) is 0 Å². The van der Waals surface area contributed by atoms with Crippen LogP contribution in [0.3, 0.4) is 0 Å². The molecule has 1 aromatic rings. The van der Waals surface area contributed by atoms with Crippen LogP contribution in [-0.2, 0) is 16.0 Å². The Morgan fingerprint density at radius 3 is 2.47 bits per heavy atom. The highest BCUT2D eigenvalue weighted by molar-refractivity contribution is 5.85. The van der Waals surface area contributed by atoms with Gasteiger partial charge in [0.2, 0.25) is 5.91 Å². The molecule has 3 unspecified atom stereocenters. The Bertz CT molecular complexity index is 615. The SMILES string of the molecule is COCCCOc1cc(CC(CC(N)C(O)CNC(C)=O)C(C)C)ccc1OC.Cl. The molecular weight excluding hydrogens is 408 g/mol. The maximum atomic E-state index is 11.0. The maximum Gasteiger partial charge on any atom is 0.216 e. The van der Waals surface area contributed by atoms with E-state index >= 15 is 0 Å². The predicted octanol–water partition coefficient (Wildman–Crippen LogP) is 2.56. The molecule has 8 heteroatoms. The number of methoxy groups -OCH3 is 2. The smallest absolute Gasteiger partial charge is 0.216 e. The number of amides is 1. The topological polar surface area (TPSA) is 103 Å². The van der Waals surface area contributed by atoms with Crippen molar-refractivity contribution in [3.05, 3.63) is 23.8 Å². The van der Waals surface area contributed by atoms with Crippen LogP contribution in [0.25, 0.3) is 0 Å². The number of carbonyl (C=O) groups excluding carboxylic acids is 1. The number of nitrogens with one attached hydrogen (secondary N) is 1. The number of ether oxygens (including phenoxy) is 3. The lowest BCUT2D eigenvalue weighted by molar-refractivity contribution is -0.119. The van der Waals surface area contributed by atoms with Crippen LogP contribution < -0.4 is 20.5 Å². The maximum absolute atomic E-state index is 11.0. The second-order valence-corrected chi connectivity index (χ2v) is 7.79. The Balaban J connectivity index is 0.00000841. The van der Waals surface area contributed by atoms with E-state index in [0.29, 0.717) is 31.3 Å². The van der Waals surface area contributed by atoms with Crippen molar-refractivity contribution < 1.29 is 24.1 Å². The van der Waals surface area contributed by atoms with Crippen molar-refractivity contribution in [2.24, 2.45) is 17.6 Å². The van der Waals surface area contributed by atoms with Gasteiger partial charge in [-0.2, -0.15) is 0 Å². The van der Waals surface area contributed by atoms with Gasteiger partial charge in [-0.1, -0.05) is 19.9 Å². The predicted molar refractivity (Wildman–Crippen MR) is 122 cm³/mol.